The molecule has 0 saturated heterocycles. The highest BCUT2D eigenvalue weighted by Gasteiger charge is 2.23. The Morgan fingerprint density at radius 1 is 1.31 bits per heavy atom. The van der Waals surface area contributed by atoms with Crippen molar-refractivity contribution in [3.8, 4) is 0 Å². The van der Waals surface area contributed by atoms with Gasteiger partial charge in [-0.2, -0.15) is 0 Å². The molecule has 1 aromatic rings. The topological polar surface area (TPSA) is 46.3 Å². The van der Waals surface area contributed by atoms with E-state index in [1.54, 1.807) is 4.90 Å². The molecule has 0 radical (unpaired) electrons. The van der Waals surface area contributed by atoms with Gasteiger partial charge < -0.3 is 10.6 Å². The van der Waals surface area contributed by atoms with Gasteiger partial charge in [0, 0.05) is 12.2 Å². The minimum Gasteiger partial charge on any atom is -0.320 e. The van der Waals surface area contributed by atoms with Crippen LogP contribution in [-0.4, -0.2) is 18.5 Å². The van der Waals surface area contributed by atoms with E-state index in [1.165, 1.54) is 0 Å². The number of hydrogen-bond donors (Lipinski definition) is 1. The van der Waals surface area contributed by atoms with E-state index >= 15 is 0 Å². The second-order valence-corrected chi connectivity index (χ2v) is 4.05. The lowest BCUT2D eigenvalue weighted by atomic mass is 10.1. The molecule has 16 heavy (non-hydrogen) atoms. The lowest BCUT2D eigenvalue weighted by Gasteiger charge is -2.24. The van der Waals surface area contributed by atoms with Crippen molar-refractivity contribution in [2.24, 2.45) is 5.73 Å². The van der Waals surface area contributed by atoms with Gasteiger partial charge in [0.15, 0.2) is 0 Å². The summed E-state index contributed by atoms with van der Waals surface area (Å²) in [4.78, 5) is 13.8. The fraction of sp³-hybridized carbons (Fsp3) is 0.308. The number of aryl methyl sites for hydroxylation is 1. The van der Waals surface area contributed by atoms with Gasteiger partial charge in [-0.1, -0.05) is 30.4 Å². The highest BCUT2D eigenvalue weighted by Crippen LogP contribution is 2.21. The van der Waals surface area contributed by atoms with Crippen LogP contribution in [0.5, 0.6) is 0 Å². The first kappa shape index (κ1) is 10.9. The molecule has 1 aromatic carbocycles. The maximum absolute atomic E-state index is 12.1. The van der Waals surface area contributed by atoms with Gasteiger partial charge >= 0.3 is 0 Å². The molecule has 0 aromatic heterocycles. The molecule has 0 saturated carbocycles. The van der Waals surface area contributed by atoms with E-state index in [2.05, 4.69) is 0 Å². The van der Waals surface area contributed by atoms with Crippen LogP contribution in [-0.2, 0) is 4.79 Å². The second kappa shape index (κ2) is 4.49. The normalized spacial score (nSPS) is 21.0. The Labute approximate surface area is 95.6 Å². The number of amides is 1. The number of benzene rings is 1. The predicted molar refractivity (Wildman–Crippen MR) is 65.3 cm³/mol. The largest absolute Gasteiger partial charge is 0.320 e. The molecule has 3 heteroatoms. The summed E-state index contributed by atoms with van der Waals surface area (Å²) in [7, 11) is 0. The van der Waals surface area contributed by atoms with Gasteiger partial charge in [-0.05, 0) is 25.0 Å². The average molecular weight is 216 g/mol. The van der Waals surface area contributed by atoms with Crippen LogP contribution in [0.4, 0.5) is 5.69 Å². The first-order chi connectivity index (χ1) is 7.70. The predicted octanol–water partition coefficient (Wildman–Crippen LogP) is 1.62. The van der Waals surface area contributed by atoms with Crippen LogP contribution in [0.1, 0.15) is 12.0 Å². The molecule has 1 aliphatic rings. The van der Waals surface area contributed by atoms with Crippen molar-refractivity contribution in [1.82, 2.24) is 0 Å². The van der Waals surface area contributed by atoms with E-state index in [0.717, 1.165) is 11.3 Å². The molecule has 0 bridgehead atoms. The van der Waals surface area contributed by atoms with Gasteiger partial charge in [0.1, 0.15) is 0 Å². The molecule has 1 unspecified atom stereocenters. The first-order valence-corrected chi connectivity index (χ1v) is 5.48. The molecule has 1 atom stereocenters. The quantitative estimate of drug-likeness (QED) is 0.725. The van der Waals surface area contributed by atoms with Crippen molar-refractivity contribution < 1.29 is 4.79 Å². The summed E-state index contributed by atoms with van der Waals surface area (Å²) in [6, 6.07) is 7.45. The smallest absolute Gasteiger partial charge is 0.244 e. The summed E-state index contributed by atoms with van der Waals surface area (Å²) < 4.78 is 0. The third-order valence-corrected chi connectivity index (χ3v) is 2.83. The Balaban J connectivity index is 2.35. The van der Waals surface area contributed by atoms with Crippen LogP contribution < -0.4 is 10.6 Å². The molecule has 2 rings (SSSR count). The molecule has 84 valence electrons. The second-order valence-electron chi connectivity index (χ2n) is 4.05. The zero-order valence-corrected chi connectivity index (χ0v) is 9.39. The molecule has 3 nitrogen and oxygen atoms in total. The van der Waals surface area contributed by atoms with Crippen LogP contribution >= 0.6 is 0 Å². The Bertz CT molecular complexity index is 426. The Morgan fingerprint density at radius 2 is 2.06 bits per heavy atom. The van der Waals surface area contributed by atoms with Gasteiger partial charge in [0.2, 0.25) is 5.91 Å². The van der Waals surface area contributed by atoms with E-state index in [4.69, 9.17) is 5.73 Å². The lowest BCUT2D eigenvalue weighted by molar-refractivity contribution is -0.119. The average Bonchev–Trinajstić information content (AvgIpc) is 2.44. The number of carbonyl (C=O) groups is 1. The first-order valence-electron chi connectivity index (χ1n) is 5.48. The number of anilines is 1. The third kappa shape index (κ3) is 1.99. The Morgan fingerprint density at radius 3 is 2.81 bits per heavy atom. The molecule has 1 aliphatic heterocycles. The molecule has 0 fully saturated rings. The van der Waals surface area contributed by atoms with Crippen molar-refractivity contribution in [1.29, 1.82) is 0 Å². The summed E-state index contributed by atoms with van der Waals surface area (Å²) in [5, 5.41) is 0. The van der Waals surface area contributed by atoms with Crippen LogP contribution in [0.15, 0.2) is 36.4 Å². The van der Waals surface area contributed by atoms with Crippen LogP contribution in [0.3, 0.4) is 0 Å². The van der Waals surface area contributed by atoms with Crippen LogP contribution in [0.25, 0.3) is 0 Å². The fourth-order valence-electron chi connectivity index (χ4n) is 1.90. The van der Waals surface area contributed by atoms with Gasteiger partial charge in [-0.15, -0.1) is 0 Å². The number of nitrogens with two attached hydrogens (primary N) is 1. The lowest BCUT2D eigenvalue weighted by Crippen LogP contribution is -2.42. The molecule has 2 N–H and O–H groups in total. The van der Waals surface area contributed by atoms with Crippen molar-refractivity contribution in [2.75, 3.05) is 11.4 Å². The third-order valence-electron chi connectivity index (χ3n) is 2.83. The van der Waals surface area contributed by atoms with Gasteiger partial charge in [0.05, 0.1) is 6.04 Å². The number of hydrogen-bond acceptors (Lipinski definition) is 2. The fourth-order valence-corrected chi connectivity index (χ4v) is 1.90. The Hall–Kier alpha value is -1.61. The minimum atomic E-state index is -0.418. The highest BCUT2D eigenvalue weighted by atomic mass is 16.2. The SMILES string of the molecule is Cc1ccccc1N1CC=CCC(N)C1=O. The molecular weight excluding hydrogens is 200 g/mol. The molecule has 1 amide bonds. The summed E-state index contributed by atoms with van der Waals surface area (Å²) in [5.74, 6) is -0.000648. The maximum atomic E-state index is 12.1. The van der Waals surface area contributed by atoms with E-state index in [-0.39, 0.29) is 5.91 Å². The standard InChI is InChI=1S/C13H16N2O/c1-10-6-2-3-8-12(10)15-9-5-4-7-11(14)13(15)16/h2-6,8,11H,7,9,14H2,1H3. The number of carbonyl (C=O) groups excluding carboxylic acids is 1. The maximum Gasteiger partial charge on any atom is 0.244 e. The molecule has 1 heterocycles. The summed E-state index contributed by atoms with van der Waals surface area (Å²) in [5.41, 5.74) is 7.86. The van der Waals surface area contributed by atoms with Crippen molar-refractivity contribution in [3.63, 3.8) is 0 Å². The Kier molecular flexibility index (Phi) is 3.06. The van der Waals surface area contributed by atoms with Gasteiger partial charge in [-0.3, -0.25) is 4.79 Å². The van der Waals surface area contributed by atoms with E-state index in [0.29, 0.717) is 13.0 Å². The van der Waals surface area contributed by atoms with Crippen molar-refractivity contribution in [3.05, 3.63) is 42.0 Å². The van der Waals surface area contributed by atoms with Gasteiger partial charge in [-0.25, -0.2) is 0 Å². The zero-order valence-electron chi connectivity index (χ0n) is 9.39. The van der Waals surface area contributed by atoms with E-state index in [9.17, 15) is 4.79 Å². The molecular formula is C13H16N2O. The number of rotatable bonds is 1. The van der Waals surface area contributed by atoms with Gasteiger partial charge in [0.25, 0.3) is 0 Å². The molecule has 0 aliphatic carbocycles. The summed E-state index contributed by atoms with van der Waals surface area (Å²) in [6.45, 7) is 2.61. The summed E-state index contributed by atoms with van der Waals surface area (Å²) in [6.07, 6.45) is 4.60. The summed E-state index contributed by atoms with van der Waals surface area (Å²) >= 11 is 0. The monoisotopic (exact) mass is 216 g/mol. The number of nitrogens with zero attached hydrogens (tertiary/aromatic N) is 1. The van der Waals surface area contributed by atoms with E-state index < -0.39 is 6.04 Å². The van der Waals surface area contributed by atoms with Crippen molar-refractivity contribution >= 4 is 11.6 Å². The van der Waals surface area contributed by atoms with Crippen LogP contribution in [0, 0.1) is 6.92 Å². The highest BCUT2D eigenvalue weighted by molar-refractivity contribution is 5.98. The number of para-hydroxylation sites is 1. The van der Waals surface area contributed by atoms with E-state index in [1.807, 2.05) is 43.3 Å². The van der Waals surface area contributed by atoms with Crippen LogP contribution in [0.2, 0.25) is 0 Å². The minimum absolute atomic E-state index is 0.000648. The van der Waals surface area contributed by atoms with Crippen molar-refractivity contribution in [2.45, 2.75) is 19.4 Å². The molecule has 0 spiro atoms. The zero-order chi connectivity index (χ0) is 11.5.